The van der Waals surface area contributed by atoms with Crippen molar-refractivity contribution in [3.8, 4) is 0 Å². The van der Waals surface area contributed by atoms with Gasteiger partial charge < -0.3 is 14.9 Å². The summed E-state index contributed by atoms with van der Waals surface area (Å²) in [5.41, 5.74) is 5.58. The van der Waals surface area contributed by atoms with Crippen LogP contribution in [0.25, 0.3) is 0 Å². The number of halogens is 1. The van der Waals surface area contributed by atoms with Crippen LogP contribution < -0.4 is 4.90 Å². The minimum absolute atomic E-state index is 0. The van der Waals surface area contributed by atoms with Gasteiger partial charge in [-0.25, -0.2) is 0 Å². The number of hydrogen-bond acceptors (Lipinski definition) is 3. The van der Waals surface area contributed by atoms with Gasteiger partial charge in [0.2, 0.25) is 0 Å². The van der Waals surface area contributed by atoms with Crippen LogP contribution in [0.2, 0.25) is 0 Å². The fourth-order valence-electron chi connectivity index (χ4n) is 4.49. The first-order chi connectivity index (χ1) is 13.2. The molecular formula is C23H29ClN2O2. The molecule has 150 valence electrons. The van der Waals surface area contributed by atoms with Crippen LogP contribution in [0.1, 0.15) is 36.0 Å². The van der Waals surface area contributed by atoms with Crippen LogP contribution in [0, 0.1) is 5.92 Å². The maximum atomic E-state index is 11.3. The van der Waals surface area contributed by atoms with Crippen LogP contribution in [-0.2, 0) is 17.8 Å². The van der Waals surface area contributed by atoms with Crippen LogP contribution >= 0.6 is 12.4 Å². The van der Waals surface area contributed by atoms with Crippen molar-refractivity contribution in [2.75, 3.05) is 31.1 Å². The first kappa shape index (κ1) is 20.7. The van der Waals surface area contributed by atoms with E-state index in [0.29, 0.717) is 6.54 Å². The lowest BCUT2D eigenvalue weighted by atomic mass is 9.98. The molecule has 4 nitrogen and oxygen atoms in total. The molecule has 1 atom stereocenters. The number of hydrogen-bond donors (Lipinski definition) is 1. The van der Waals surface area contributed by atoms with Gasteiger partial charge in [-0.3, -0.25) is 4.79 Å². The Morgan fingerprint density at radius 2 is 1.71 bits per heavy atom. The van der Waals surface area contributed by atoms with E-state index in [1.807, 2.05) is 0 Å². The minimum atomic E-state index is -0.641. The summed E-state index contributed by atoms with van der Waals surface area (Å²) < 4.78 is 0. The fourth-order valence-corrected chi connectivity index (χ4v) is 4.49. The molecule has 1 N–H and O–H groups in total. The SMILES string of the molecule is Cl.O=C(O)[C@@H]1CCCN(CCCN2Cc3ccccc3Cc3ccccc32)C1. The van der Waals surface area contributed by atoms with Crippen molar-refractivity contribution in [1.82, 2.24) is 4.90 Å². The third-order valence-corrected chi connectivity index (χ3v) is 5.95. The van der Waals surface area contributed by atoms with Gasteiger partial charge in [-0.1, -0.05) is 42.5 Å². The highest BCUT2D eigenvalue weighted by molar-refractivity contribution is 5.85. The molecule has 2 aromatic rings. The second-order valence-electron chi connectivity index (χ2n) is 7.83. The number of fused-ring (bicyclic) bond motifs is 2. The summed E-state index contributed by atoms with van der Waals surface area (Å²) in [4.78, 5) is 16.1. The molecule has 2 heterocycles. The van der Waals surface area contributed by atoms with E-state index >= 15 is 0 Å². The second kappa shape index (κ2) is 9.44. The van der Waals surface area contributed by atoms with Gasteiger partial charge in [0, 0.05) is 25.3 Å². The van der Waals surface area contributed by atoms with Crippen molar-refractivity contribution in [3.63, 3.8) is 0 Å². The van der Waals surface area contributed by atoms with Crippen molar-refractivity contribution in [2.45, 2.75) is 32.2 Å². The number of carboxylic acid groups (broad SMARTS) is 1. The molecular weight excluding hydrogens is 372 g/mol. The summed E-state index contributed by atoms with van der Waals surface area (Å²) in [6, 6.07) is 17.5. The third-order valence-electron chi connectivity index (χ3n) is 5.95. The van der Waals surface area contributed by atoms with Gasteiger partial charge in [-0.2, -0.15) is 0 Å². The van der Waals surface area contributed by atoms with Crippen molar-refractivity contribution in [2.24, 2.45) is 5.92 Å². The predicted molar refractivity (Wildman–Crippen MR) is 115 cm³/mol. The van der Waals surface area contributed by atoms with Crippen molar-refractivity contribution < 1.29 is 9.90 Å². The smallest absolute Gasteiger partial charge is 0.307 e. The molecule has 2 aromatic carbocycles. The zero-order valence-corrected chi connectivity index (χ0v) is 17.0. The molecule has 5 heteroatoms. The van der Waals surface area contributed by atoms with Crippen LogP contribution in [0.4, 0.5) is 5.69 Å². The van der Waals surface area contributed by atoms with E-state index in [0.717, 1.165) is 51.9 Å². The Balaban J connectivity index is 0.00000225. The van der Waals surface area contributed by atoms with Gasteiger partial charge >= 0.3 is 5.97 Å². The Hall–Kier alpha value is -2.04. The largest absolute Gasteiger partial charge is 0.481 e. The highest BCUT2D eigenvalue weighted by Gasteiger charge is 2.25. The van der Waals surface area contributed by atoms with E-state index in [2.05, 4.69) is 58.3 Å². The summed E-state index contributed by atoms with van der Waals surface area (Å²) in [7, 11) is 0. The molecule has 28 heavy (non-hydrogen) atoms. The Bertz CT molecular complexity index is 811. The predicted octanol–water partition coefficient (Wildman–Crippen LogP) is 4.21. The number of carboxylic acids is 1. The monoisotopic (exact) mass is 400 g/mol. The zero-order valence-electron chi connectivity index (χ0n) is 16.2. The molecule has 0 aromatic heterocycles. The van der Waals surface area contributed by atoms with Crippen LogP contribution in [0.15, 0.2) is 48.5 Å². The lowest BCUT2D eigenvalue weighted by Crippen LogP contribution is -2.40. The summed E-state index contributed by atoms with van der Waals surface area (Å²) in [5, 5.41) is 9.28. The number of benzene rings is 2. The van der Waals surface area contributed by atoms with Gasteiger partial charge in [0.05, 0.1) is 5.92 Å². The van der Waals surface area contributed by atoms with Gasteiger partial charge in [0.1, 0.15) is 0 Å². The Labute approximate surface area is 173 Å². The molecule has 0 unspecified atom stereocenters. The van der Waals surface area contributed by atoms with Crippen LogP contribution in [0.3, 0.4) is 0 Å². The summed E-state index contributed by atoms with van der Waals surface area (Å²) in [6.07, 6.45) is 3.87. The van der Waals surface area contributed by atoms with Gasteiger partial charge in [0.25, 0.3) is 0 Å². The minimum Gasteiger partial charge on any atom is -0.481 e. The topological polar surface area (TPSA) is 43.8 Å². The second-order valence-corrected chi connectivity index (χ2v) is 7.83. The summed E-state index contributed by atoms with van der Waals surface area (Å²) in [5.74, 6) is -0.831. The molecule has 0 amide bonds. The number of para-hydroxylation sites is 1. The molecule has 0 aliphatic carbocycles. The molecule has 4 rings (SSSR count). The highest BCUT2D eigenvalue weighted by atomic mass is 35.5. The zero-order chi connectivity index (χ0) is 18.6. The number of piperidine rings is 1. The molecule has 0 radical (unpaired) electrons. The first-order valence-electron chi connectivity index (χ1n) is 10.1. The van der Waals surface area contributed by atoms with E-state index in [-0.39, 0.29) is 18.3 Å². The molecule has 2 aliphatic heterocycles. The Morgan fingerprint density at radius 1 is 1.00 bits per heavy atom. The van der Waals surface area contributed by atoms with Gasteiger partial charge in [-0.05, 0) is 61.5 Å². The lowest BCUT2D eigenvalue weighted by Gasteiger charge is -2.32. The number of carbonyl (C=O) groups is 1. The standard InChI is InChI=1S/C23H28N2O2.ClH/c26-23(27)21-10-5-12-24(16-21)13-6-14-25-17-20-9-2-1-7-18(20)15-19-8-3-4-11-22(19)25;/h1-4,7-9,11,21H,5-6,10,12-17H2,(H,26,27);1H/t21-;/m1./s1. The highest BCUT2D eigenvalue weighted by Crippen LogP contribution is 2.30. The van der Waals surface area contributed by atoms with Crippen molar-refractivity contribution >= 4 is 24.1 Å². The number of nitrogens with zero attached hydrogens (tertiary/aromatic N) is 2. The van der Waals surface area contributed by atoms with E-state index < -0.39 is 5.97 Å². The van der Waals surface area contributed by atoms with E-state index in [4.69, 9.17) is 0 Å². The average Bonchev–Trinajstić information content (AvgIpc) is 2.85. The van der Waals surface area contributed by atoms with Crippen LogP contribution in [-0.4, -0.2) is 42.2 Å². The molecule has 1 fully saturated rings. The third kappa shape index (κ3) is 4.68. The lowest BCUT2D eigenvalue weighted by molar-refractivity contribution is -0.143. The Morgan fingerprint density at radius 3 is 2.50 bits per heavy atom. The van der Waals surface area contributed by atoms with E-state index in [1.54, 1.807) is 0 Å². The molecule has 0 saturated carbocycles. The van der Waals surface area contributed by atoms with Gasteiger partial charge in [-0.15, -0.1) is 12.4 Å². The first-order valence-corrected chi connectivity index (χ1v) is 10.1. The quantitative estimate of drug-likeness (QED) is 0.816. The normalized spacial score (nSPS) is 19.1. The molecule has 1 saturated heterocycles. The molecule has 0 bridgehead atoms. The molecule has 0 spiro atoms. The maximum Gasteiger partial charge on any atom is 0.307 e. The maximum absolute atomic E-state index is 11.3. The fraction of sp³-hybridized carbons (Fsp3) is 0.435. The summed E-state index contributed by atoms with van der Waals surface area (Å²) >= 11 is 0. The number of aliphatic carboxylic acids is 1. The number of likely N-dealkylation sites (tertiary alicyclic amines) is 1. The average molecular weight is 401 g/mol. The Kier molecular flexibility index (Phi) is 6.97. The van der Waals surface area contributed by atoms with E-state index in [9.17, 15) is 9.90 Å². The number of rotatable bonds is 5. The molecule has 2 aliphatic rings. The van der Waals surface area contributed by atoms with E-state index in [1.165, 1.54) is 22.4 Å². The van der Waals surface area contributed by atoms with Gasteiger partial charge in [0.15, 0.2) is 0 Å². The van der Waals surface area contributed by atoms with Crippen LogP contribution in [0.5, 0.6) is 0 Å². The number of anilines is 1. The summed E-state index contributed by atoms with van der Waals surface area (Å²) in [6.45, 7) is 4.66. The van der Waals surface area contributed by atoms with Crippen molar-refractivity contribution in [3.05, 3.63) is 65.2 Å². The van der Waals surface area contributed by atoms with Crippen molar-refractivity contribution in [1.29, 1.82) is 0 Å².